The molecular weight excluding hydrogens is 235 g/mol. The van der Waals surface area contributed by atoms with Crippen molar-refractivity contribution >= 4 is 43.2 Å². The molecule has 3 saturated heterocycles. The van der Waals surface area contributed by atoms with Gasteiger partial charge in [0, 0.05) is 33.0 Å². The summed E-state index contributed by atoms with van der Waals surface area (Å²) in [5.74, 6) is 4.44. The maximum Gasteiger partial charge on any atom is 0.0177 e. The molecule has 3 heterocycles. The standard InChI is InChI=1S/C9H15PS3/c1(7-4-11-7)10(2-8-5-12-8)3-9-6-13-9/h7-9H,1-6H2. The fourth-order valence-electron chi connectivity index (χ4n) is 1.61. The summed E-state index contributed by atoms with van der Waals surface area (Å²) in [7, 11) is 0.446. The third kappa shape index (κ3) is 3.52. The minimum absolute atomic E-state index is 0.446. The molecule has 3 atom stereocenters. The normalized spacial score (nSPS) is 42.9. The Hall–Kier alpha value is 1.48. The van der Waals surface area contributed by atoms with Gasteiger partial charge in [0.05, 0.1) is 0 Å². The average molecular weight is 250 g/mol. The Bertz CT molecular complexity index is 154. The lowest BCUT2D eigenvalue weighted by atomic mass is 10.6. The van der Waals surface area contributed by atoms with Crippen LogP contribution in [-0.2, 0) is 0 Å². The molecule has 0 aromatic carbocycles. The van der Waals surface area contributed by atoms with E-state index in [0.717, 1.165) is 15.7 Å². The molecule has 0 amide bonds. The Balaban J connectivity index is 1.45. The molecule has 74 valence electrons. The molecule has 3 rings (SSSR count). The highest BCUT2D eigenvalue weighted by atomic mass is 32.2. The SMILES string of the molecule is C1SC1CP(CC1CS1)CC1CS1. The Morgan fingerprint density at radius 2 is 1.08 bits per heavy atom. The van der Waals surface area contributed by atoms with E-state index in [4.69, 9.17) is 0 Å². The highest BCUT2D eigenvalue weighted by Crippen LogP contribution is 2.52. The van der Waals surface area contributed by atoms with Gasteiger partial charge in [0.2, 0.25) is 0 Å². The molecule has 0 aromatic rings. The molecule has 0 radical (unpaired) electrons. The lowest BCUT2D eigenvalue weighted by molar-refractivity contribution is 1.16. The number of hydrogen-bond donors (Lipinski definition) is 0. The van der Waals surface area contributed by atoms with Crippen LogP contribution in [0.25, 0.3) is 0 Å². The van der Waals surface area contributed by atoms with E-state index in [2.05, 4.69) is 35.3 Å². The summed E-state index contributed by atoms with van der Waals surface area (Å²) in [6.07, 6.45) is 4.82. The van der Waals surface area contributed by atoms with Crippen LogP contribution in [0.3, 0.4) is 0 Å². The fourth-order valence-corrected chi connectivity index (χ4v) is 8.62. The van der Waals surface area contributed by atoms with Crippen LogP contribution in [0.2, 0.25) is 0 Å². The van der Waals surface area contributed by atoms with Crippen molar-refractivity contribution in [3.63, 3.8) is 0 Å². The summed E-state index contributed by atoms with van der Waals surface area (Å²) in [4.78, 5) is 0. The molecule has 13 heavy (non-hydrogen) atoms. The van der Waals surface area contributed by atoms with Crippen LogP contribution in [0.4, 0.5) is 0 Å². The summed E-state index contributed by atoms with van der Waals surface area (Å²) in [6, 6.07) is 0. The fraction of sp³-hybridized carbons (Fsp3) is 1.00. The molecule has 0 N–H and O–H groups in total. The van der Waals surface area contributed by atoms with Crippen LogP contribution in [-0.4, -0.2) is 51.5 Å². The predicted octanol–water partition coefficient (Wildman–Crippen LogP) is 2.81. The van der Waals surface area contributed by atoms with E-state index in [0.29, 0.717) is 7.92 Å². The van der Waals surface area contributed by atoms with E-state index in [1.54, 1.807) is 18.5 Å². The van der Waals surface area contributed by atoms with Gasteiger partial charge in [-0.3, -0.25) is 0 Å². The van der Waals surface area contributed by atoms with Crippen LogP contribution in [0.15, 0.2) is 0 Å². The van der Waals surface area contributed by atoms with Crippen LogP contribution in [0.1, 0.15) is 0 Å². The molecule has 4 heteroatoms. The second-order valence-electron chi connectivity index (χ2n) is 4.08. The van der Waals surface area contributed by atoms with E-state index in [-0.39, 0.29) is 0 Å². The van der Waals surface area contributed by atoms with Gasteiger partial charge >= 0.3 is 0 Å². The van der Waals surface area contributed by atoms with Crippen molar-refractivity contribution in [2.45, 2.75) is 15.7 Å². The van der Waals surface area contributed by atoms with Crippen molar-refractivity contribution < 1.29 is 0 Å². The Morgan fingerprint density at radius 1 is 0.769 bits per heavy atom. The number of hydrogen-bond acceptors (Lipinski definition) is 3. The van der Waals surface area contributed by atoms with Crippen molar-refractivity contribution in [1.29, 1.82) is 0 Å². The molecule has 3 fully saturated rings. The first-order chi connectivity index (χ1) is 6.40. The molecule has 0 aliphatic carbocycles. The van der Waals surface area contributed by atoms with E-state index in [1.807, 2.05) is 0 Å². The highest BCUT2D eigenvalue weighted by Gasteiger charge is 2.34. The maximum atomic E-state index is 2.19. The lowest BCUT2D eigenvalue weighted by Gasteiger charge is -2.15. The first-order valence-corrected chi connectivity index (χ1v) is 10.0. The van der Waals surface area contributed by atoms with Crippen molar-refractivity contribution in [2.24, 2.45) is 0 Å². The average Bonchev–Trinajstić information content (AvgIpc) is 2.94. The van der Waals surface area contributed by atoms with Crippen molar-refractivity contribution in [2.75, 3.05) is 35.7 Å². The van der Waals surface area contributed by atoms with Crippen molar-refractivity contribution in [3.8, 4) is 0 Å². The van der Waals surface area contributed by atoms with E-state index >= 15 is 0 Å². The molecule has 0 nitrogen and oxygen atoms in total. The summed E-state index contributed by atoms with van der Waals surface area (Å²) in [6.45, 7) is 0. The zero-order chi connectivity index (χ0) is 8.67. The summed E-state index contributed by atoms with van der Waals surface area (Å²) in [5.41, 5.74) is 0. The second-order valence-corrected chi connectivity index (χ2v) is 10.5. The predicted molar refractivity (Wildman–Crippen MR) is 70.3 cm³/mol. The van der Waals surface area contributed by atoms with E-state index in [1.165, 1.54) is 17.3 Å². The lowest BCUT2D eigenvalue weighted by Crippen LogP contribution is -2.05. The van der Waals surface area contributed by atoms with E-state index in [9.17, 15) is 0 Å². The third-order valence-corrected chi connectivity index (χ3v) is 9.12. The van der Waals surface area contributed by atoms with Crippen LogP contribution in [0.5, 0.6) is 0 Å². The smallest absolute Gasteiger partial charge is 0.0177 e. The van der Waals surface area contributed by atoms with Gasteiger partial charge in [-0.05, 0) is 18.5 Å². The number of rotatable bonds is 6. The largest absolute Gasteiger partial charge is 0.156 e. The highest BCUT2D eigenvalue weighted by molar-refractivity contribution is 8.08. The van der Waals surface area contributed by atoms with Gasteiger partial charge in [0.25, 0.3) is 0 Å². The van der Waals surface area contributed by atoms with Crippen molar-refractivity contribution in [3.05, 3.63) is 0 Å². The maximum absolute atomic E-state index is 2.19. The Labute approximate surface area is 94.5 Å². The quantitative estimate of drug-likeness (QED) is 0.525. The Morgan fingerprint density at radius 3 is 1.31 bits per heavy atom. The molecule has 0 bridgehead atoms. The van der Waals surface area contributed by atoms with Crippen molar-refractivity contribution in [1.82, 2.24) is 0 Å². The summed E-state index contributed by atoms with van der Waals surface area (Å²) in [5, 5.41) is 3.29. The molecule has 0 spiro atoms. The van der Waals surface area contributed by atoms with Gasteiger partial charge in [-0.1, -0.05) is 0 Å². The molecular formula is C9H15PS3. The van der Waals surface area contributed by atoms with Gasteiger partial charge < -0.3 is 0 Å². The Kier molecular flexibility index (Phi) is 3.10. The molecule has 0 aromatic heterocycles. The van der Waals surface area contributed by atoms with Crippen LogP contribution >= 0.6 is 43.2 Å². The van der Waals surface area contributed by atoms with Gasteiger partial charge in [0.15, 0.2) is 0 Å². The molecule has 0 saturated carbocycles. The molecule has 3 aliphatic rings. The first-order valence-electron chi connectivity index (χ1n) is 4.97. The van der Waals surface area contributed by atoms with E-state index < -0.39 is 0 Å². The third-order valence-electron chi connectivity index (χ3n) is 2.59. The van der Waals surface area contributed by atoms with Crippen LogP contribution in [0, 0.1) is 0 Å². The minimum Gasteiger partial charge on any atom is -0.156 e. The van der Waals surface area contributed by atoms with Gasteiger partial charge in [-0.2, -0.15) is 35.3 Å². The first kappa shape index (κ1) is 9.69. The molecule has 3 aliphatic heterocycles. The number of thioether (sulfide) groups is 3. The summed E-state index contributed by atoms with van der Waals surface area (Å²) >= 11 is 6.58. The molecule has 3 unspecified atom stereocenters. The zero-order valence-corrected chi connectivity index (χ0v) is 11.0. The summed E-state index contributed by atoms with van der Waals surface area (Å²) < 4.78 is 0. The van der Waals surface area contributed by atoms with Gasteiger partial charge in [-0.25, -0.2) is 0 Å². The monoisotopic (exact) mass is 250 g/mol. The van der Waals surface area contributed by atoms with Gasteiger partial charge in [0.1, 0.15) is 0 Å². The van der Waals surface area contributed by atoms with Gasteiger partial charge in [-0.15, -0.1) is 7.92 Å². The minimum atomic E-state index is 0.446. The van der Waals surface area contributed by atoms with Crippen LogP contribution < -0.4 is 0 Å². The zero-order valence-electron chi connectivity index (χ0n) is 7.65. The topological polar surface area (TPSA) is 0 Å². The second kappa shape index (κ2) is 4.15.